The van der Waals surface area contributed by atoms with Crippen LogP contribution < -0.4 is 10.6 Å². The van der Waals surface area contributed by atoms with Crippen LogP contribution in [0.25, 0.3) is 0 Å². The molecule has 0 unspecified atom stereocenters. The van der Waals surface area contributed by atoms with Gasteiger partial charge in [0.1, 0.15) is 6.04 Å². The molecule has 0 aliphatic heterocycles. The van der Waals surface area contributed by atoms with Crippen LogP contribution in [0.5, 0.6) is 0 Å². The van der Waals surface area contributed by atoms with Crippen LogP contribution in [0.2, 0.25) is 5.02 Å². The van der Waals surface area contributed by atoms with Crippen molar-refractivity contribution in [3.63, 3.8) is 0 Å². The zero-order chi connectivity index (χ0) is 20.0. The number of ether oxygens (including phenoxy) is 1. The maximum absolute atomic E-state index is 12.2. The van der Waals surface area contributed by atoms with Crippen LogP contribution in [0.3, 0.4) is 0 Å². The molecule has 2 aromatic rings. The van der Waals surface area contributed by atoms with Gasteiger partial charge in [-0.05, 0) is 51.1 Å². The Balaban J connectivity index is 1.89. The van der Waals surface area contributed by atoms with Crippen molar-refractivity contribution < 1.29 is 19.1 Å². The van der Waals surface area contributed by atoms with E-state index in [1.54, 1.807) is 42.5 Å². The highest BCUT2D eigenvalue weighted by molar-refractivity contribution is 6.30. The first kappa shape index (κ1) is 20.5. The number of benzene rings is 2. The molecule has 2 aromatic carbocycles. The van der Waals surface area contributed by atoms with Crippen molar-refractivity contribution >= 4 is 35.1 Å². The highest BCUT2D eigenvalue weighted by atomic mass is 35.5. The third-order valence-electron chi connectivity index (χ3n) is 3.74. The minimum absolute atomic E-state index is 0.390. The first-order chi connectivity index (χ1) is 12.8. The smallest absolute Gasteiger partial charge is 0.329 e. The largest absolute Gasteiger partial charge is 0.451 e. The zero-order valence-corrected chi connectivity index (χ0v) is 16.0. The Morgan fingerprint density at radius 1 is 1.04 bits per heavy atom. The monoisotopic (exact) mass is 388 g/mol. The van der Waals surface area contributed by atoms with Gasteiger partial charge in [-0.1, -0.05) is 35.4 Å². The lowest BCUT2D eigenvalue weighted by molar-refractivity contribution is -0.154. The molecule has 2 rings (SSSR count). The van der Waals surface area contributed by atoms with Crippen molar-refractivity contribution in [2.24, 2.45) is 0 Å². The van der Waals surface area contributed by atoms with Crippen molar-refractivity contribution in [3.8, 4) is 0 Å². The molecule has 0 radical (unpaired) electrons. The van der Waals surface area contributed by atoms with Crippen LogP contribution in [0, 0.1) is 6.92 Å². The van der Waals surface area contributed by atoms with Crippen molar-refractivity contribution in [3.05, 3.63) is 64.7 Å². The van der Waals surface area contributed by atoms with Gasteiger partial charge in [-0.15, -0.1) is 0 Å². The third-order valence-corrected chi connectivity index (χ3v) is 3.97. The normalized spacial score (nSPS) is 12.6. The third kappa shape index (κ3) is 6.11. The summed E-state index contributed by atoms with van der Waals surface area (Å²) >= 11 is 5.87. The number of carbonyl (C=O) groups excluding carboxylic acids is 3. The number of hydrogen-bond donors (Lipinski definition) is 2. The van der Waals surface area contributed by atoms with E-state index in [0.29, 0.717) is 16.3 Å². The maximum Gasteiger partial charge on any atom is 0.329 e. The average molecular weight is 389 g/mol. The van der Waals surface area contributed by atoms with E-state index in [0.717, 1.165) is 5.56 Å². The van der Waals surface area contributed by atoms with E-state index in [1.807, 2.05) is 13.0 Å². The molecule has 142 valence electrons. The molecule has 2 N–H and O–H groups in total. The predicted molar refractivity (Wildman–Crippen MR) is 104 cm³/mol. The lowest BCUT2D eigenvalue weighted by atomic mass is 10.1. The molecule has 2 atom stereocenters. The van der Waals surface area contributed by atoms with Crippen molar-refractivity contribution in [1.82, 2.24) is 5.32 Å². The Bertz CT molecular complexity index is 853. The molecule has 2 amide bonds. The fourth-order valence-electron chi connectivity index (χ4n) is 2.27. The summed E-state index contributed by atoms with van der Waals surface area (Å²) in [6.07, 6.45) is -1.03. The second-order valence-electron chi connectivity index (χ2n) is 6.14. The molecule has 0 aliphatic rings. The molecule has 0 saturated heterocycles. The zero-order valence-electron chi connectivity index (χ0n) is 15.3. The predicted octanol–water partition coefficient (Wildman–Crippen LogP) is 3.34. The molecule has 0 aliphatic carbocycles. The fourth-order valence-corrected chi connectivity index (χ4v) is 2.46. The maximum atomic E-state index is 12.2. The van der Waals surface area contributed by atoms with Gasteiger partial charge in [-0.25, -0.2) is 4.79 Å². The molecule has 0 heterocycles. The van der Waals surface area contributed by atoms with Gasteiger partial charge < -0.3 is 15.4 Å². The van der Waals surface area contributed by atoms with Gasteiger partial charge in [0.05, 0.1) is 0 Å². The summed E-state index contributed by atoms with van der Waals surface area (Å²) in [6.45, 7) is 4.82. The Hall–Kier alpha value is -2.86. The Morgan fingerprint density at radius 3 is 2.41 bits per heavy atom. The van der Waals surface area contributed by atoms with Gasteiger partial charge in [0, 0.05) is 16.3 Å². The van der Waals surface area contributed by atoms with E-state index < -0.39 is 24.0 Å². The van der Waals surface area contributed by atoms with E-state index in [9.17, 15) is 14.4 Å². The summed E-state index contributed by atoms with van der Waals surface area (Å²) in [7, 11) is 0. The van der Waals surface area contributed by atoms with Gasteiger partial charge >= 0.3 is 5.97 Å². The molecular weight excluding hydrogens is 368 g/mol. The standard InChI is InChI=1S/C20H21ClN2O4/c1-12-6-4-7-15(10-12)19(25)22-13(2)20(26)27-14(3)18(24)23-17-9-5-8-16(21)11-17/h4-11,13-14H,1-3H3,(H,22,25)(H,23,24)/t13-,14-/m0/s1. The van der Waals surface area contributed by atoms with Crippen LogP contribution in [0.4, 0.5) is 5.69 Å². The number of esters is 1. The number of nitrogens with one attached hydrogen (secondary N) is 2. The lowest BCUT2D eigenvalue weighted by Crippen LogP contribution is -2.42. The number of amides is 2. The van der Waals surface area contributed by atoms with E-state index in [2.05, 4.69) is 10.6 Å². The second-order valence-corrected chi connectivity index (χ2v) is 6.58. The summed E-state index contributed by atoms with van der Waals surface area (Å²) in [6, 6.07) is 12.7. The van der Waals surface area contributed by atoms with Gasteiger partial charge in [0.2, 0.25) is 0 Å². The molecule has 27 heavy (non-hydrogen) atoms. The number of hydrogen-bond acceptors (Lipinski definition) is 4. The van der Waals surface area contributed by atoms with E-state index in [4.69, 9.17) is 16.3 Å². The van der Waals surface area contributed by atoms with Crippen molar-refractivity contribution in [2.75, 3.05) is 5.32 Å². The van der Waals surface area contributed by atoms with Gasteiger partial charge in [-0.3, -0.25) is 9.59 Å². The molecule has 0 aromatic heterocycles. The van der Waals surface area contributed by atoms with E-state index in [1.165, 1.54) is 13.8 Å². The van der Waals surface area contributed by atoms with E-state index in [-0.39, 0.29) is 5.91 Å². The molecule has 7 heteroatoms. The molecule has 0 bridgehead atoms. The first-order valence-corrected chi connectivity index (χ1v) is 8.78. The van der Waals surface area contributed by atoms with Crippen molar-refractivity contribution in [1.29, 1.82) is 0 Å². The van der Waals surface area contributed by atoms with Crippen molar-refractivity contribution in [2.45, 2.75) is 32.9 Å². The minimum Gasteiger partial charge on any atom is -0.451 e. The summed E-state index contributed by atoms with van der Waals surface area (Å²) in [5.74, 6) is -1.59. The summed E-state index contributed by atoms with van der Waals surface area (Å²) in [5.41, 5.74) is 1.88. The number of anilines is 1. The Kier molecular flexibility index (Phi) is 6.96. The van der Waals surface area contributed by atoms with Gasteiger partial charge in [0.25, 0.3) is 11.8 Å². The van der Waals surface area contributed by atoms with Crippen LogP contribution in [0.1, 0.15) is 29.8 Å². The minimum atomic E-state index is -1.03. The topological polar surface area (TPSA) is 84.5 Å². The van der Waals surface area contributed by atoms with Crippen LogP contribution in [-0.2, 0) is 14.3 Å². The number of halogens is 1. The number of rotatable bonds is 6. The first-order valence-electron chi connectivity index (χ1n) is 8.40. The quantitative estimate of drug-likeness (QED) is 0.743. The highest BCUT2D eigenvalue weighted by Gasteiger charge is 2.23. The highest BCUT2D eigenvalue weighted by Crippen LogP contribution is 2.15. The summed E-state index contributed by atoms with van der Waals surface area (Å²) < 4.78 is 5.14. The molecule has 0 spiro atoms. The second kappa shape index (κ2) is 9.19. The van der Waals surface area contributed by atoms with Crippen LogP contribution in [-0.4, -0.2) is 29.9 Å². The number of carbonyl (C=O) groups is 3. The van der Waals surface area contributed by atoms with Gasteiger partial charge in [0.15, 0.2) is 6.10 Å². The molecule has 6 nitrogen and oxygen atoms in total. The van der Waals surface area contributed by atoms with Crippen LogP contribution in [0.15, 0.2) is 48.5 Å². The lowest BCUT2D eigenvalue weighted by Gasteiger charge is -2.17. The fraction of sp³-hybridized carbons (Fsp3) is 0.250. The molecular formula is C20H21ClN2O4. The van der Waals surface area contributed by atoms with E-state index >= 15 is 0 Å². The summed E-state index contributed by atoms with van der Waals surface area (Å²) in [4.78, 5) is 36.5. The Labute approximate surface area is 162 Å². The van der Waals surface area contributed by atoms with Crippen LogP contribution >= 0.6 is 11.6 Å². The molecule has 0 fully saturated rings. The Morgan fingerprint density at radius 2 is 1.74 bits per heavy atom. The molecule has 0 saturated carbocycles. The summed E-state index contributed by atoms with van der Waals surface area (Å²) in [5, 5.41) is 5.65. The number of aryl methyl sites for hydroxylation is 1. The van der Waals surface area contributed by atoms with Gasteiger partial charge in [-0.2, -0.15) is 0 Å². The average Bonchev–Trinajstić information content (AvgIpc) is 2.61. The SMILES string of the molecule is Cc1cccc(C(=O)N[C@@H](C)C(=O)O[C@@H](C)C(=O)Nc2cccc(Cl)c2)c1.